The summed E-state index contributed by atoms with van der Waals surface area (Å²) in [4.78, 5) is 20.5. The Morgan fingerprint density at radius 1 is 1.07 bits per heavy atom. The molecule has 2 aromatic carbocycles. The quantitative estimate of drug-likeness (QED) is 0.374. The van der Waals surface area contributed by atoms with Gasteiger partial charge in [-0.15, -0.1) is 10.2 Å². The van der Waals surface area contributed by atoms with Gasteiger partial charge in [-0.25, -0.2) is 4.98 Å². The lowest BCUT2D eigenvalue weighted by Gasteiger charge is -2.30. The maximum atomic E-state index is 13.8. The highest BCUT2D eigenvalue weighted by molar-refractivity contribution is 6.10. The molecule has 4 heterocycles. The molecule has 2 aliphatic heterocycles. The van der Waals surface area contributed by atoms with Gasteiger partial charge in [0.25, 0.3) is 5.91 Å². The van der Waals surface area contributed by atoms with Crippen molar-refractivity contribution in [2.45, 2.75) is 44.3 Å². The maximum absolute atomic E-state index is 13.8. The van der Waals surface area contributed by atoms with E-state index in [4.69, 9.17) is 9.72 Å². The Morgan fingerprint density at radius 2 is 1.93 bits per heavy atom. The first-order valence-electron chi connectivity index (χ1n) is 13.7. The number of aromatic nitrogens is 4. The Balaban J connectivity index is 1.26. The van der Waals surface area contributed by atoms with Crippen molar-refractivity contribution in [2.75, 3.05) is 18.1 Å². The minimum atomic E-state index is -0.0317. The fourth-order valence-corrected chi connectivity index (χ4v) is 5.55. The van der Waals surface area contributed by atoms with Crippen LogP contribution in [0.25, 0.3) is 22.5 Å². The molecule has 1 unspecified atom stereocenters. The molecular weight excluding hydrogens is 502 g/mol. The van der Waals surface area contributed by atoms with Crippen molar-refractivity contribution in [1.29, 1.82) is 5.26 Å². The van der Waals surface area contributed by atoms with Crippen LogP contribution in [0.15, 0.2) is 54.9 Å². The average molecular weight is 532 g/mol. The van der Waals surface area contributed by atoms with E-state index in [1.54, 1.807) is 11.2 Å². The van der Waals surface area contributed by atoms with Gasteiger partial charge in [0.1, 0.15) is 12.1 Å². The van der Waals surface area contributed by atoms with Gasteiger partial charge in [-0.3, -0.25) is 9.69 Å². The summed E-state index contributed by atoms with van der Waals surface area (Å²) in [6.07, 6.45) is 3.83. The first-order valence-corrected chi connectivity index (χ1v) is 13.7. The number of fused-ring (bicyclic) bond motifs is 1. The first-order chi connectivity index (χ1) is 19.5. The smallest absolute Gasteiger partial charge is 0.260 e. The Bertz CT molecular complexity index is 1680. The number of anilines is 1. The summed E-state index contributed by atoms with van der Waals surface area (Å²) in [7, 11) is 1.89. The summed E-state index contributed by atoms with van der Waals surface area (Å²) in [5.41, 5.74) is 7.05. The van der Waals surface area contributed by atoms with E-state index in [9.17, 15) is 10.1 Å². The molecule has 9 heteroatoms. The zero-order valence-corrected chi connectivity index (χ0v) is 22.5. The van der Waals surface area contributed by atoms with Gasteiger partial charge in [0.2, 0.25) is 0 Å². The topological polar surface area (TPSA) is 109 Å². The third-order valence-electron chi connectivity index (χ3n) is 8.08. The molecule has 0 radical (unpaired) electrons. The lowest BCUT2D eigenvalue weighted by atomic mass is 9.96. The van der Waals surface area contributed by atoms with Crippen LogP contribution in [0.2, 0.25) is 0 Å². The summed E-state index contributed by atoms with van der Waals surface area (Å²) in [6.45, 7) is 4.06. The van der Waals surface area contributed by atoms with Gasteiger partial charge in [-0.05, 0) is 72.4 Å². The van der Waals surface area contributed by atoms with Gasteiger partial charge in [-0.1, -0.05) is 18.2 Å². The zero-order chi connectivity index (χ0) is 27.4. The summed E-state index contributed by atoms with van der Waals surface area (Å²) in [5.74, 6) is 1.68. The van der Waals surface area contributed by atoms with Gasteiger partial charge >= 0.3 is 0 Å². The second kappa shape index (κ2) is 9.66. The number of hydrogen-bond acceptors (Lipinski definition) is 7. The molecular formula is C31H29N7O2. The molecule has 1 saturated carbocycles. The number of hydrogen-bond donors (Lipinski definition) is 1. The van der Waals surface area contributed by atoms with E-state index in [2.05, 4.69) is 46.7 Å². The molecule has 9 nitrogen and oxygen atoms in total. The van der Waals surface area contributed by atoms with Crippen molar-refractivity contribution in [1.82, 2.24) is 25.1 Å². The van der Waals surface area contributed by atoms with E-state index in [1.165, 1.54) is 0 Å². The molecule has 1 saturated heterocycles. The molecule has 1 aliphatic carbocycles. The maximum Gasteiger partial charge on any atom is 0.260 e. The molecule has 40 heavy (non-hydrogen) atoms. The largest absolute Gasteiger partial charge is 0.378 e. The van der Waals surface area contributed by atoms with Gasteiger partial charge in [0, 0.05) is 35.8 Å². The van der Waals surface area contributed by atoms with Crippen LogP contribution in [-0.2, 0) is 18.3 Å². The van der Waals surface area contributed by atoms with Crippen LogP contribution in [-0.4, -0.2) is 44.9 Å². The number of nitriles is 1. The number of benzene rings is 2. The van der Waals surface area contributed by atoms with Gasteiger partial charge < -0.3 is 14.6 Å². The second-order valence-corrected chi connectivity index (χ2v) is 11.0. The van der Waals surface area contributed by atoms with Crippen molar-refractivity contribution in [2.24, 2.45) is 7.05 Å². The third kappa shape index (κ3) is 4.35. The minimum absolute atomic E-state index is 0.0317. The lowest BCUT2D eigenvalue weighted by Crippen LogP contribution is -2.46. The Labute approximate surface area is 232 Å². The number of pyridine rings is 1. The number of nitrogens with one attached hydrogen (secondary N) is 1. The predicted octanol–water partition coefficient (Wildman–Crippen LogP) is 4.50. The Hall–Kier alpha value is -4.39. The third-order valence-corrected chi connectivity index (χ3v) is 8.08. The van der Waals surface area contributed by atoms with E-state index < -0.39 is 0 Å². The van der Waals surface area contributed by atoms with Crippen LogP contribution in [0.1, 0.15) is 64.5 Å². The van der Waals surface area contributed by atoms with Crippen molar-refractivity contribution < 1.29 is 9.53 Å². The fourth-order valence-electron chi connectivity index (χ4n) is 5.55. The number of amides is 1. The molecule has 0 spiro atoms. The van der Waals surface area contributed by atoms with E-state index in [0.717, 1.165) is 65.1 Å². The molecule has 0 bridgehead atoms. The van der Waals surface area contributed by atoms with E-state index >= 15 is 0 Å². The highest BCUT2D eigenvalue weighted by atomic mass is 16.5. The van der Waals surface area contributed by atoms with Gasteiger partial charge in [0.15, 0.2) is 5.82 Å². The number of ether oxygens (including phenoxy) is 1. The fraction of sp³-hybridized carbons (Fsp3) is 0.323. The number of carbonyl (C=O) groups excluding carboxylic acids is 1. The molecule has 3 aliphatic rings. The van der Waals surface area contributed by atoms with Crippen molar-refractivity contribution in [3.63, 3.8) is 0 Å². The van der Waals surface area contributed by atoms with Crippen LogP contribution in [0.5, 0.6) is 0 Å². The average Bonchev–Trinajstić information content (AvgIpc) is 3.64. The highest BCUT2D eigenvalue weighted by Crippen LogP contribution is 2.43. The summed E-state index contributed by atoms with van der Waals surface area (Å²) in [6, 6.07) is 18.6. The predicted molar refractivity (Wildman–Crippen MR) is 149 cm³/mol. The van der Waals surface area contributed by atoms with Crippen LogP contribution < -0.4 is 10.2 Å². The first kappa shape index (κ1) is 24.6. The molecule has 200 valence electrons. The number of carbonyl (C=O) groups is 1. The summed E-state index contributed by atoms with van der Waals surface area (Å²) in [5, 5.41) is 21.5. The number of nitrogens with zero attached hydrogens (tertiary/aromatic N) is 6. The second-order valence-electron chi connectivity index (χ2n) is 11.0. The zero-order valence-electron chi connectivity index (χ0n) is 22.5. The Kier molecular flexibility index (Phi) is 5.95. The molecule has 1 amide bonds. The van der Waals surface area contributed by atoms with Crippen LogP contribution >= 0.6 is 0 Å². The molecule has 7 rings (SSSR count). The van der Waals surface area contributed by atoms with Gasteiger partial charge in [-0.2, -0.15) is 5.26 Å². The standard InChI is InChI=1S/C31H29N7O2/c1-18(34-24-15-40-16-24)21-6-7-22-14-38(31(39)26(22)10-21)29-12-23(11-28(35-29)20-4-5-20)25-8-3-19(13-32)9-27(25)30-36-33-17-37(30)2/h3,6-12,17-18,20,24,34H,4-5,14-16H2,1-2H3. The summed E-state index contributed by atoms with van der Waals surface area (Å²) >= 11 is 0. The van der Waals surface area contributed by atoms with E-state index in [-0.39, 0.29) is 11.9 Å². The molecule has 2 fully saturated rings. The van der Waals surface area contributed by atoms with Crippen LogP contribution in [0, 0.1) is 11.3 Å². The molecule has 2 aromatic heterocycles. The van der Waals surface area contributed by atoms with E-state index in [1.807, 2.05) is 41.9 Å². The number of rotatable bonds is 7. The number of aryl methyl sites for hydroxylation is 1. The normalized spacial score (nSPS) is 17.4. The molecule has 1 N–H and O–H groups in total. The SMILES string of the molecule is CC(NC1COC1)c1ccc2c(c1)C(=O)N(c1cc(-c3ccc(C#N)cc3-c3nncn3C)cc(C3CC3)n1)C2. The van der Waals surface area contributed by atoms with Crippen LogP contribution in [0.4, 0.5) is 5.82 Å². The lowest BCUT2D eigenvalue weighted by molar-refractivity contribution is -0.00925. The monoisotopic (exact) mass is 531 g/mol. The van der Waals surface area contributed by atoms with Crippen LogP contribution in [0.3, 0.4) is 0 Å². The van der Waals surface area contributed by atoms with Crippen molar-refractivity contribution in [3.8, 4) is 28.6 Å². The minimum Gasteiger partial charge on any atom is -0.378 e. The van der Waals surface area contributed by atoms with Gasteiger partial charge in [0.05, 0.1) is 37.4 Å². The summed E-state index contributed by atoms with van der Waals surface area (Å²) < 4.78 is 7.13. The van der Waals surface area contributed by atoms with Crippen molar-refractivity contribution >= 4 is 11.7 Å². The molecule has 1 atom stereocenters. The van der Waals surface area contributed by atoms with E-state index in [0.29, 0.717) is 35.7 Å². The molecule has 4 aromatic rings. The van der Waals surface area contributed by atoms with Crippen molar-refractivity contribution in [3.05, 3.63) is 82.8 Å². The Morgan fingerprint density at radius 3 is 2.62 bits per heavy atom. The highest BCUT2D eigenvalue weighted by Gasteiger charge is 2.33.